The molecule has 3 aromatic rings. The molecule has 0 unspecified atom stereocenters. The van der Waals surface area contributed by atoms with Crippen molar-refractivity contribution in [3.63, 3.8) is 0 Å². The molecule has 2 aromatic heterocycles. The second kappa shape index (κ2) is 6.45. The van der Waals surface area contributed by atoms with Crippen LogP contribution in [0.1, 0.15) is 27.5 Å². The molecule has 8 heteroatoms. The minimum atomic E-state index is -0.861. The SMILES string of the molecule is O=C(C=C(O)c1nc[nH]n1)c1occ(Cc2ccc(F)cc2)c1F. The van der Waals surface area contributed by atoms with Gasteiger partial charge in [-0.05, 0) is 17.7 Å². The summed E-state index contributed by atoms with van der Waals surface area (Å²) in [6.45, 7) is 0. The smallest absolute Gasteiger partial charge is 0.227 e. The van der Waals surface area contributed by atoms with Gasteiger partial charge in [-0.15, -0.1) is 0 Å². The van der Waals surface area contributed by atoms with E-state index in [0.29, 0.717) is 5.56 Å². The molecule has 0 saturated carbocycles. The standard InChI is InChI=1S/C16H11F2N3O3/c17-11-3-1-9(2-4-11)5-10-7-24-15(14(10)18)12(22)6-13(23)16-19-8-20-21-16/h1-4,6-8,23H,5H2,(H,19,20,21). The molecule has 0 atom stereocenters. The van der Waals surface area contributed by atoms with Gasteiger partial charge in [0, 0.05) is 18.1 Å². The molecule has 0 bridgehead atoms. The normalized spacial score (nSPS) is 11.7. The van der Waals surface area contributed by atoms with Crippen LogP contribution >= 0.6 is 0 Å². The number of aliphatic hydroxyl groups is 1. The largest absolute Gasteiger partial charge is 0.504 e. The van der Waals surface area contributed by atoms with E-state index in [1.54, 1.807) is 0 Å². The first-order valence-corrected chi connectivity index (χ1v) is 6.86. The van der Waals surface area contributed by atoms with E-state index in [4.69, 9.17) is 4.42 Å². The Hall–Kier alpha value is -3.29. The molecule has 2 N–H and O–H groups in total. The van der Waals surface area contributed by atoms with Crippen LogP contribution in [0, 0.1) is 11.6 Å². The molecular formula is C16H11F2N3O3. The van der Waals surface area contributed by atoms with Gasteiger partial charge in [-0.25, -0.2) is 13.8 Å². The summed E-state index contributed by atoms with van der Waals surface area (Å²) >= 11 is 0. The highest BCUT2D eigenvalue weighted by Gasteiger charge is 2.20. The minimum Gasteiger partial charge on any atom is -0.504 e. The van der Waals surface area contributed by atoms with E-state index in [9.17, 15) is 18.7 Å². The lowest BCUT2D eigenvalue weighted by molar-refractivity contribution is 0.101. The fourth-order valence-corrected chi connectivity index (χ4v) is 2.07. The van der Waals surface area contributed by atoms with Gasteiger partial charge in [0.1, 0.15) is 12.1 Å². The van der Waals surface area contributed by atoms with Crippen LogP contribution in [-0.4, -0.2) is 26.1 Å². The summed E-state index contributed by atoms with van der Waals surface area (Å²) in [6.07, 6.45) is 3.24. The Bertz CT molecular complexity index is 884. The van der Waals surface area contributed by atoms with Crippen LogP contribution < -0.4 is 0 Å². The summed E-state index contributed by atoms with van der Waals surface area (Å²) in [5.74, 6) is -3.23. The molecule has 0 saturated heterocycles. The summed E-state index contributed by atoms with van der Waals surface area (Å²) in [7, 11) is 0. The number of ketones is 1. The van der Waals surface area contributed by atoms with E-state index in [1.807, 2.05) is 0 Å². The topological polar surface area (TPSA) is 92.0 Å². The van der Waals surface area contributed by atoms with E-state index in [-0.39, 0.29) is 17.8 Å². The van der Waals surface area contributed by atoms with Crippen molar-refractivity contribution in [1.29, 1.82) is 0 Å². The number of nitrogens with zero attached hydrogens (tertiary/aromatic N) is 2. The maximum Gasteiger partial charge on any atom is 0.227 e. The first-order valence-electron chi connectivity index (χ1n) is 6.86. The summed E-state index contributed by atoms with van der Waals surface area (Å²) in [4.78, 5) is 15.7. The van der Waals surface area contributed by atoms with Gasteiger partial charge in [0.05, 0.1) is 6.26 Å². The number of benzene rings is 1. The Morgan fingerprint density at radius 2 is 2.04 bits per heavy atom. The van der Waals surface area contributed by atoms with Crippen molar-refractivity contribution in [3.05, 3.63) is 77.3 Å². The zero-order valence-electron chi connectivity index (χ0n) is 12.2. The molecule has 2 heterocycles. The zero-order chi connectivity index (χ0) is 17.1. The summed E-state index contributed by atoms with van der Waals surface area (Å²) < 4.78 is 32.1. The molecule has 1 aromatic carbocycles. The highest BCUT2D eigenvalue weighted by molar-refractivity contribution is 6.05. The number of carbonyl (C=O) groups excluding carboxylic acids is 1. The minimum absolute atomic E-state index is 0.0955. The lowest BCUT2D eigenvalue weighted by Crippen LogP contribution is -2.00. The average molecular weight is 331 g/mol. The first-order chi connectivity index (χ1) is 11.5. The third kappa shape index (κ3) is 3.22. The fourth-order valence-electron chi connectivity index (χ4n) is 2.07. The Morgan fingerprint density at radius 3 is 2.71 bits per heavy atom. The van der Waals surface area contributed by atoms with Crippen LogP contribution in [-0.2, 0) is 6.42 Å². The number of aromatic nitrogens is 3. The van der Waals surface area contributed by atoms with Gasteiger partial charge < -0.3 is 9.52 Å². The number of hydrogen-bond acceptors (Lipinski definition) is 5. The molecule has 0 aliphatic heterocycles. The van der Waals surface area contributed by atoms with Gasteiger partial charge >= 0.3 is 0 Å². The third-order valence-electron chi connectivity index (χ3n) is 3.24. The molecule has 122 valence electrons. The molecule has 0 amide bonds. The second-order valence-electron chi connectivity index (χ2n) is 4.92. The second-order valence-corrected chi connectivity index (χ2v) is 4.92. The monoisotopic (exact) mass is 331 g/mol. The number of aliphatic hydroxyl groups excluding tert-OH is 1. The first kappa shape index (κ1) is 15.6. The van der Waals surface area contributed by atoms with Crippen LogP contribution in [0.15, 0.2) is 47.3 Å². The van der Waals surface area contributed by atoms with Crippen LogP contribution in [0.4, 0.5) is 8.78 Å². The molecule has 0 fully saturated rings. The van der Waals surface area contributed by atoms with Gasteiger partial charge in [0.2, 0.25) is 17.4 Å². The van der Waals surface area contributed by atoms with Gasteiger partial charge in [0.15, 0.2) is 11.6 Å². The van der Waals surface area contributed by atoms with Gasteiger partial charge in [0.25, 0.3) is 0 Å². The van der Waals surface area contributed by atoms with Crippen molar-refractivity contribution in [2.24, 2.45) is 0 Å². The lowest BCUT2D eigenvalue weighted by atomic mass is 10.1. The Morgan fingerprint density at radius 1 is 1.29 bits per heavy atom. The number of carbonyl (C=O) groups is 1. The number of allylic oxidation sites excluding steroid dienone is 1. The van der Waals surface area contributed by atoms with Crippen molar-refractivity contribution in [2.75, 3.05) is 0 Å². The number of aromatic amines is 1. The Kier molecular flexibility index (Phi) is 4.19. The fraction of sp³-hybridized carbons (Fsp3) is 0.0625. The molecule has 0 aliphatic rings. The number of rotatable bonds is 5. The van der Waals surface area contributed by atoms with Crippen LogP contribution in [0.5, 0.6) is 0 Å². The number of hydrogen-bond donors (Lipinski definition) is 2. The van der Waals surface area contributed by atoms with E-state index >= 15 is 0 Å². The van der Waals surface area contributed by atoms with Crippen LogP contribution in [0.25, 0.3) is 5.76 Å². The highest BCUT2D eigenvalue weighted by atomic mass is 19.1. The van der Waals surface area contributed by atoms with Crippen LogP contribution in [0.3, 0.4) is 0 Å². The molecule has 3 rings (SSSR count). The highest BCUT2D eigenvalue weighted by Crippen LogP contribution is 2.21. The van der Waals surface area contributed by atoms with E-state index in [1.165, 1.54) is 30.6 Å². The zero-order valence-corrected chi connectivity index (χ0v) is 12.2. The molecule has 24 heavy (non-hydrogen) atoms. The lowest BCUT2D eigenvalue weighted by Gasteiger charge is -1.98. The maximum atomic E-state index is 14.3. The molecule has 0 radical (unpaired) electrons. The Labute approximate surface area is 134 Å². The average Bonchev–Trinajstić information content (AvgIpc) is 3.20. The van der Waals surface area contributed by atoms with E-state index in [0.717, 1.165) is 12.3 Å². The van der Waals surface area contributed by atoms with Crippen molar-refractivity contribution in [1.82, 2.24) is 15.2 Å². The molecule has 0 spiro atoms. The number of H-pyrrole nitrogens is 1. The Balaban J connectivity index is 1.80. The number of furan rings is 1. The van der Waals surface area contributed by atoms with Crippen molar-refractivity contribution >= 4 is 11.5 Å². The van der Waals surface area contributed by atoms with Crippen molar-refractivity contribution < 1.29 is 23.1 Å². The van der Waals surface area contributed by atoms with Gasteiger partial charge in [-0.1, -0.05) is 12.1 Å². The molecule has 6 nitrogen and oxygen atoms in total. The predicted molar refractivity (Wildman–Crippen MR) is 79.2 cm³/mol. The third-order valence-corrected chi connectivity index (χ3v) is 3.24. The van der Waals surface area contributed by atoms with Crippen molar-refractivity contribution in [3.8, 4) is 0 Å². The van der Waals surface area contributed by atoms with E-state index < -0.39 is 28.9 Å². The van der Waals surface area contributed by atoms with Crippen LogP contribution in [0.2, 0.25) is 0 Å². The quantitative estimate of drug-likeness (QED) is 0.426. The van der Waals surface area contributed by atoms with Crippen molar-refractivity contribution in [2.45, 2.75) is 6.42 Å². The van der Waals surface area contributed by atoms with E-state index in [2.05, 4.69) is 15.2 Å². The summed E-state index contributed by atoms with van der Waals surface area (Å²) in [5.41, 5.74) is 0.810. The maximum absolute atomic E-state index is 14.3. The summed E-state index contributed by atoms with van der Waals surface area (Å²) in [5, 5.41) is 15.7. The number of nitrogens with one attached hydrogen (secondary N) is 1. The van der Waals surface area contributed by atoms with Gasteiger partial charge in [-0.3, -0.25) is 9.89 Å². The summed E-state index contributed by atoms with van der Waals surface area (Å²) in [6, 6.07) is 5.55. The predicted octanol–water partition coefficient (Wildman–Crippen LogP) is 3.05. The van der Waals surface area contributed by atoms with Gasteiger partial charge in [-0.2, -0.15) is 5.10 Å². The molecular weight excluding hydrogens is 320 g/mol. The number of halogens is 2. The molecule has 0 aliphatic carbocycles.